The van der Waals surface area contributed by atoms with Gasteiger partial charge >= 0.3 is 0 Å². The van der Waals surface area contributed by atoms with Crippen molar-refractivity contribution in [2.75, 3.05) is 32.2 Å². The summed E-state index contributed by atoms with van der Waals surface area (Å²) in [5.41, 5.74) is 4.54. The topological polar surface area (TPSA) is 80.9 Å². The van der Waals surface area contributed by atoms with Crippen LogP contribution in [0.5, 0.6) is 0 Å². The minimum atomic E-state index is 0.532. The first kappa shape index (κ1) is 16.4. The van der Waals surface area contributed by atoms with Gasteiger partial charge in [0.25, 0.3) is 0 Å². The number of benzene rings is 1. The van der Waals surface area contributed by atoms with E-state index in [1.54, 1.807) is 7.11 Å². The van der Waals surface area contributed by atoms with E-state index in [1.807, 2.05) is 31.2 Å². The van der Waals surface area contributed by atoms with Crippen LogP contribution in [-0.4, -0.2) is 32.8 Å². The summed E-state index contributed by atoms with van der Waals surface area (Å²) >= 11 is 0. The Morgan fingerprint density at radius 3 is 2.85 bits per heavy atom. The maximum Gasteiger partial charge on any atom is 0.210 e. The summed E-state index contributed by atoms with van der Waals surface area (Å²) in [6, 6.07) is 7.87. The second kappa shape index (κ2) is 10.2. The smallest absolute Gasteiger partial charge is 0.210 e. The van der Waals surface area contributed by atoms with Crippen LogP contribution in [0.4, 0.5) is 5.69 Å². The van der Waals surface area contributed by atoms with Crippen molar-refractivity contribution < 1.29 is 9.47 Å². The van der Waals surface area contributed by atoms with Crippen LogP contribution in [-0.2, 0) is 16.1 Å². The first-order valence-corrected chi connectivity index (χ1v) is 6.74. The number of ether oxygens (including phenoxy) is 2. The molecular formula is C14H24N4O2. The average molecular weight is 280 g/mol. The number of hydrazine groups is 1. The van der Waals surface area contributed by atoms with E-state index >= 15 is 0 Å². The Hall–Kier alpha value is -1.63. The molecule has 1 rings (SSSR count). The van der Waals surface area contributed by atoms with Gasteiger partial charge in [0, 0.05) is 38.1 Å². The molecule has 1 aromatic carbocycles. The van der Waals surface area contributed by atoms with Gasteiger partial charge in [-0.1, -0.05) is 18.2 Å². The van der Waals surface area contributed by atoms with Crippen molar-refractivity contribution in [1.29, 1.82) is 0 Å². The number of aliphatic imine (C=N–C) groups is 1. The summed E-state index contributed by atoms with van der Waals surface area (Å²) in [4.78, 5) is 4.36. The van der Waals surface area contributed by atoms with E-state index in [1.165, 1.54) is 0 Å². The zero-order valence-electron chi connectivity index (χ0n) is 12.2. The second-order valence-electron chi connectivity index (χ2n) is 4.14. The van der Waals surface area contributed by atoms with Gasteiger partial charge in [-0.3, -0.25) is 10.4 Å². The predicted octanol–water partition coefficient (Wildman–Crippen LogP) is 1.49. The van der Waals surface area contributed by atoms with Crippen LogP contribution in [0.1, 0.15) is 18.9 Å². The lowest BCUT2D eigenvalue weighted by Gasteiger charge is -2.13. The molecule has 0 saturated carbocycles. The van der Waals surface area contributed by atoms with Crippen molar-refractivity contribution in [3.63, 3.8) is 0 Å². The molecule has 0 aromatic heterocycles. The summed E-state index contributed by atoms with van der Waals surface area (Å²) in [6.07, 6.45) is 0.862. The molecule has 0 fully saturated rings. The third kappa shape index (κ3) is 6.01. The number of nitrogens with two attached hydrogens (primary N) is 1. The Bertz CT molecular complexity index is 410. The second-order valence-corrected chi connectivity index (χ2v) is 4.14. The molecule has 1 aromatic rings. The number of hydrogen-bond donors (Lipinski definition) is 3. The highest BCUT2D eigenvalue weighted by molar-refractivity contribution is 5.93. The number of anilines is 1. The third-order valence-electron chi connectivity index (χ3n) is 2.63. The van der Waals surface area contributed by atoms with Crippen molar-refractivity contribution in [1.82, 2.24) is 5.43 Å². The van der Waals surface area contributed by atoms with E-state index < -0.39 is 0 Å². The molecule has 0 saturated heterocycles. The molecule has 0 bridgehead atoms. The maximum absolute atomic E-state index is 5.48. The monoisotopic (exact) mass is 280 g/mol. The fourth-order valence-corrected chi connectivity index (χ4v) is 1.67. The van der Waals surface area contributed by atoms with Crippen LogP contribution in [0.3, 0.4) is 0 Å². The Labute approximate surface area is 120 Å². The molecule has 4 N–H and O–H groups in total. The van der Waals surface area contributed by atoms with Gasteiger partial charge in [-0.25, -0.2) is 5.84 Å². The largest absolute Gasteiger partial charge is 0.382 e. The minimum absolute atomic E-state index is 0.532. The van der Waals surface area contributed by atoms with Crippen molar-refractivity contribution in [2.24, 2.45) is 10.8 Å². The van der Waals surface area contributed by atoms with Crippen molar-refractivity contribution >= 4 is 11.6 Å². The molecule has 0 amide bonds. The highest BCUT2D eigenvalue weighted by Gasteiger charge is 2.03. The quantitative estimate of drug-likeness (QED) is 0.221. The SMILES string of the molecule is CCOCCCN=C(NN)Nc1ccccc1COC. The molecule has 6 heteroatoms. The van der Waals surface area contributed by atoms with Crippen LogP contribution in [0.2, 0.25) is 0 Å². The summed E-state index contributed by atoms with van der Waals surface area (Å²) in [7, 11) is 1.67. The molecule has 0 aliphatic heterocycles. The zero-order chi connectivity index (χ0) is 14.6. The molecule has 0 aliphatic carbocycles. The summed E-state index contributed by atoms with van der Waals surface area (Å²) in [5, 5.41) is 3.17. The van der Waals surface area contributed by atoms with E-state index in [0.29, 0.717) is 25.7 Å². The lowest BCUT2D eigenvalue weighted by atomic mass is 10.2. The maximum atomic E-state index is 5.48. The van der Waals surface area contributed by atoms with Gasteiger partial charge in [0.15, 0.2) is 0 Å². The average Bonchev–Trinajstić information content (AvgIpc) is 2.48. The third-order valence-corrected chi connectivity index (χ3v) is 2.63. The van der Waals surface area contributed by atoms with Gasteiger partial charge in [0.2, 0.25) is 5.96 Å². The summed E-state index contributed by atoms with van der Waals surface area (Å²) in [6.45, 7) is 4.60. The number of nitrogens with zero attached hydrogens (tertiary/aromatic N) is 1. The van der Waals surface area contributed by atoms with Crippen LogP contribution in [0.25, 0.3) is 0 Å². The van der Waals surface area contributed by atoms with Gasteiger partial charge in [0.1, 0.15) is 0 Å². The Kier molecular flexibility index (Phi) is 8.37. The van der Waals surface area contributed by atoms with Gasteiger partial charge in [-0.05, 0) is 19.4 Å². The Balaban J connectivity index is 2.56. The highest BCUT2D eigenvalue weighted by atomic mass is 16.5. The number of para-hydroxylation sites is 1. The van der Waals surface area contributed by atoms with Crippen LogP contribution >= 0.6 is 0 Å². The zero-order valence-corrected chi connectivity index (χ0v) is 12.2. The van der Waals surface area contributed by atoms with Crippen LogP contribution in [0, 0.1) is 0 Å². The van der Waals surface area contributed by atoms with Crippen LogP contribution in [0.15, 0.2) is 29.3 Å². The first-order chi connectivity index (χ1) is 9.81. The molecular weight excluding hydrogens is 256 g/mol. The standard InChI is InChI=1S/C14H24N4O2/c1-3-20-10-6-9-16-14(18-15)17-13-8-5-4-7-12(13)11-19-2/h4-5,7-8H,3,6,9-11,15H2,1-2H3,(H2,16,17,18). The van der Waals surface area contributed by atoms with Crippen molar-refractivity contribution in [2.45, 2.75) is 20.0 Å². The van der Waals surface area contributed by atoms with Gasteiger partial charge < -0.3 is 14.8 Å². The molecule has 6 nitrogen and oxygen atoms in total. The normalized spacial score (nSPS) is 11.4. The summed E-state index contributed by atoms with van der Waals surface area (Å²) in [5.74, 6) is 6.01. The molecule has 0 aliphatic rings. The number of guanidine groups is 1. The van der Waals surface area contributed by atoms with Crippen molar-refractivity contribution in [3.05, 3.63) is 29.8 Å². The van der Waals surface area contributed by atoms with E-state index in [-0.39, 0.29) is 0 Å². The van der Waals surface area contributed by atoms with E-state index in [2.05, 4.69) is 15.7 Å². The highest BCUT2D eigenvalue weighted by Crippen LogP contribution is 2.15. The van der Waals surface area contributed by atoms with E-state index in [4.69, 9.17) is 15.3 Å². The molecule has 0 unspecified atom stereocenters. The molecule has 112 valence electrons. The Morgan fingerprint density at radius 2 is 2.15 bits per heavy atom. The van der Waals surface area contributed by atoms with Crippen molar-refractivity contribution in [3.8, 4) is 0 Å². The number of nitrogens with one attached hydrogen (secondary N) is 2. The van der Waals surface area contributed by atoms with Gasteiger partial charge in [-0.2, -0.15) is 0 Å². The van der Waals surface area contributed by atoms with Gasteiger partial charge in [0.05, 0.1) is 6.61 Å². The fraction of sp³-hybridized carbons (Fsp3) is 0.500. The van der Waals surface area contributed by atoms with Gasteiger partial charge in [-0.15, -0.1) is 0 Å². The fourth-order valence-electron chi connectivity index (χ4n) is 1.67. The Morgan fingerprint density at radius 1 is 1.35 bits per heavy atom. The molecule has 20 heavy (non-hydrogen) atoms. The van der Waals surface area contributed by atoms with E-state index in [9.17, 15) is 0 Å². The molecule has 0 radical (unpaired) electrons. The summed E-state index contributed by atoms with van der Waals surface area (Å²) < 4.78 is 10.4. The van der Waals surface area contributed by atoms with E-state index in [0.717, 1.165) is 24.3 Å². The number of methoxy groups -OCH3 is 1. The lowest BCUT2D eigenvalue weighted by molar-refractivity contribution is 0.146. The number of hydrogen-bond acceptors (Lipinski definition) is 4. The minimum Gasteiger partial charge on any atom is -0.382 e. The molecule has 0 spiro atoms. The molecule has 0 heterocycles. The number of rotatable bonds is 8. The first-order valence-electron chi connectivity index (χ1n) is 6.74. The molecule has 0 atom stereocenters. The predicted molar refractivity (Wildman–Crippen MR) is 81.5 cm³/mol. The lowest BCUT2D eigenvalue weighted by Crippen LogP contribution is -2.36. The van der Waals surface area contributed by atoms with Crippen LogP contribution < -0.4 is 16.6 Å².